The molecular formula is C16H30NO2-. The van der Waals surface area contributed by atoms with Gasteiger partial charge in [-0.1, -0.05) is 46.5 Å². The fourth-order valence-electron chi connectivity index (χ4n) is 2.33. The van der Waals surface area contributed by atoms with E-state index in [2.05, 4.69) is 18.7 Å². The van der Waals surface area contributed by atoms with Crippen LogP contribution in [0.4, 0.5) is 0 Å². The number of aliphatic carboxylic acids is 1. The summed E-state index contributed by atoms with van der Waals surface area (Å²) in [5, 5.41) is 11.1. The molecule has 0 aromatic rings. The first-order valence-corrected chi connectivity index (χ1v) is 7.74. The maximum absolute atomic E-state index is 11.1. The Labute approximate surface area is 118 Å². The Balaban J connectivity index is 4.75. The van der Waals surface area contributed by atoms with Gasteiger partial charge in [0.25, 0.3) is 0 Å². The van der Waals surface area contributed by atoms with Gasteiger partial charge in [0.15, 0.2) is 0 Å². The zero-order valence-corrected chi connectivity index (χ0v) is 13.1. The molecule has 3 heteroatoms. The zero-order chi connectivity index (χ0) is 14.7. The van der Waals surface area contributed by atoms with Gasteiger partial charge in [0.05, 0.1) is 5.97 Å². The highest BCUT2D eigenvalue weighted by molar-refractivity contribution is 5.84. The fourth-order valence-corrected chi connectivity index (χ4v) is 2.33. The molecule has 0 rings (SSSR count). The van der Waals surface area contributed by atoms with Gasteiger partial charge in [-0.15, -0.1) is 0 Å². The summed E-state index contributed by atoms with van der Waals surface area (Å²) >= 11 is 0. The Morgan fingerprint density at radius 3 is 1.74 bits per heavy atom. The number of carbonyl (C=O) groups excluding carboxylic acids is 1. The molecule has 0 N–H and O–H groups in total. The maximum Gasteiger partial charge on any atom is 0.0689 e. The molecule has 0 atom stereocenters. The molecule has 0 aromatic heterocycles. The number of carboxylic acid groups (broad SMARTS) is 1. The van der Waals surface area contributed by atoms with Crippen LogP contribution in [0.5, 0.6) is 0 Å². The smallest absolute Gasteiger partial charge is 0.0689 e. The molecule has 0 aliphatic carbocycles. The lowest BCUT2D eigenvalue weighted by Gasteiger charge is -2.29. The van der Waals surface area contributed by atoms with Crippen molar-refractivity contribution in [3.8, 4) is 0 Å². The highest BCUT2D eigenvalue weighted by Gasteiger charge is 2.11. The van der Waals surface area contributed by atoms with Crippen molar-refractivity contribution in [2.75, 3.05) is 13.1 Å². The minimum Gasteiger partial charge on any atom is -0.545 e. The van der Waals surface area contributed by atoms with E-state index in [9.17, 15) is 9.90 Å². The molecule has 0 aromatic carbocycles. The van der Waals surface area contributed by atoms with Crippen molar-refractivity contribution in [1.29, 1.82) is 0 Å². The van der Waals surface area contributed by atoms with Crippen LogP contribution >= 0.6 is 0 Å². The van der Waals surface area contributed by atoms with Crippen LogP contribution in [0.25, 0.3) is 0 Å². The molecule has 0 saturated carbocycles. The van der Waals surface area contributed by atoms with E-state index in [-0.39, 0.29) is 0 Å². The lowest BCUT2D eigenvalue weighted by Crippen LogP contribution is -2.31. The van der Waals surface area contributed by atoms with E-state index >= 15 is 0 Å². The average Bonchev–Trinajstić information content (AvgIpc) is 2.39. The van der Waals surface area contributed by atoms with Crippen LogP contribution in [0, 0.1) is 0 Å². The van der Waals surface area contributed by atoms with Gasteiger partial charge in [0.1, 0.15) is 0 Å². The zero-order valence-electron chi connectivity index (χ0n) is 13.1. The van der Waals surface area contributed by atoms with Crippen LogP contribution < -0.4 is 5.11 Å². The van der Waals surface area contributed by atoms with Gasteiger partial charge in [-0.25, -0.2) is 0 Å². The molecule has 3 nitrogen and oxygen atoms in total. The third-order valence-electron chi connectivity index (χ3n) is 3.52. The van der Waals surface area contributed by atoms with E-state index in [1.54, 1.807) is 6.92 Å². The molecular weight excluding hydrogens is 238 g/mol. The largest absolute Gasteiger partial charge is 0.545 e. The van der Waals surface area contributed by atoms with E-state index in [4.69, 9.17) is 0 Å². The fraction of sp³-hybridized carbons (Fsp3) is 0.812. The molecule has 0 heterocycles. The monoisotopic (exact) mass is 268 g/mol. The van der Waals surface area contributed by atoms with E-state index in [0.29, 0.717) is 5.57 Å². The molecule has 0 aliphatic rings. The lowest BCUT2D eigenvalue weighted by atomic mass is 10.1. The molecule has 0 spiro atoms. The standard InChI is InChI=1S/C16H31NO2/c1-5-8-10-12-17(13-11-9-6-2)15(7-3)14(4)16(18)19/h5-13H2,1-4H3,(H,18,19)/p-1/b15-14+. The van der Waals surface area contributed by atoms with Crippen molar-refractivity contribution in [2.24, 2.45) is 0 Å². The first-order chi connectivity index (χ1) is 9.08. The molecule has 0 amide bonds. The van der Waals surface area contributed by atoms with E-state index in [0.717, 1.165) is 38.0 Å². The van der Waals surface area contributed by atoms with Crippen LogP contribution in [0.2, 0.25) is 0 Å². The van der Waals surface area contributed by atoms with E-state index in [1.807, 2.05) is 6.92 Å². The van der Waals surface area contributed by atoms with Crippen LogP contribution in [0.15, 0.2) is 11.3 Å². The Morgan fingerprint density at radius 2 is 1.42 bits per heavy atom. The maximum atomic E-state index is 11.1. The highest BCUT2D eigenvalue weighted by Crippen LogP contribution is 2.17. The van der Waals surface area contributed by atoms with Gasteiger partial charge in [-0.3, -0.25) is 0 Å². The van der Waals surface area contributed by atoms with Gasteiger partial charge in [-0.2, -0.15) is 0 Å². The summed E-state index contributed by atoms with van der Waals surface area (Å²) in [6.07, 6.45) is 7.80. The Hall–Kier alpha value is -0.990. The third kappa shape index (κ3) is 7.24. The average molecular weight is 268 g/mol. The van der Waals surface area contributed by atoms with Crippen LogP contribution in [-0.4, -0.2) is 24.0 Å². The van der Waals surface area contributed by atoms with Crippen molar-refractivity contribution >= 4 is 5.97 Å². The van der Waals surface area contributed by atoms with Crippen molar-refractivity contribution in [3.63, 3.8) is 0 Å². The number of carboxylic acids is 1. The number of carbonyl (C=O) groups is 1. The van der Waals surface area contributed by atoms with Gasteiger partial charge < -0.3 is 14.8 Å². The van der Waals surface area contributed by atoms with Crippen molar-refractivity contribution < 1.29 is 9.90 Å². The number of nitrogens with zero attached hydrogens (tertiary/aromatic N) is 1. The van der Waals surface area contributed by atoms with Crippen LogP contribution in [-0.2, 0) is 4.79 Å². The molecule has 0 fully saturated rings. The number of hydrogen-bond acceptors (Lipinski definition) is 3. The number of rotatable bonds is 11. The summed E-state index contributed by atoms with van der Waals surface area (Å²) in [6.45, 7) is 9.99. The Bertz CT molecular complexity index is 274. The molecule has 0 bridgehead atoms. The number of hydrogen-bond donors (Lipinski definition) is 0. The second-order valence-electron chi connectivity index (χ2n) is 5.11. The van der Waals surface area contributed by atoms with Gasteiger partial charge in [0.2, 0.25) is 0 Å². The topological polar surface area (TPSA) is 43.4 Å². The van der Waals surface area contributed by atoms with Crippen molar-refractivity contribution in [1.82, 2.24) is 4.90 Å². The van der Waals surface area contributed by atoms with Crippen molar-refractivity contribution in [2.45, 2.75) is 72.6 Å². The molecule has 0 unspecified atom stereocenters. The summed E-state index contributed by atoms with van der Waals surface area (Å²) in [5.74, 6) is -1.03. The summed E-state index contributed by atoms with van der Waals surface area (Å²) < 4.78 is 0. The first kappa shape index (κ1) is 18.0. The minimum atomic E-state index is -1.03. The molecule has 0 radical (unpaired) electrons. The van der Waals surface area contributed by atoms with E-state index in [1.165, 1.54) is 25.7 Å². The van der Waals surface area contributed by atoms with E-state index < -0.39 is 5.97 Å². The second-order valence-corrected chi connectivity index (χ2v) is 5.11. The molecule has 0 aliphatic heterocycles. The lowest BCUT2D eigenvalue weighted by molar-refractivity contribution is -0.299. The number of allylic oxidation sites excluding steroid dienone is 1. The Kier molecular flexibility index (Phi) is 10.3. The molecule has 19 heavy (non-hydrogen) atoms. The van der Waals surface area contributed by atoms with Gasteiger partial charge >= 0.3 is 0 Å². The van der Waals surface area contributed by atoms with Crippen LogP contribution in [0.3, 0.4) is 0 Å². The van der Waals surface area contributed by atoms with Gasteiger partial charge in [0, 0.05) is 18.8 Å². The highest BCUT2D eigenvalue weighted by atomic mass is 16.4. The molecule has 0 saturated heterocycles. The quantitative estimate of drug-likeness (QED) is 0.427. The van der Waals surface area contributed by atoms with Gasteiger partial charge in [-0.05, 0) is 31.8 Å². The van der Waals surface area contributed by atoms with Crippen LogP contribution in [0.1, 0.15) is 72.6 Å². The van der Waals surface area contributed by atoms with Crippen molar-refractivity contribution in [3.05, 3.63) is 11.3 Å². The first-order valence-electron chi connectivity index (χ1n) is 7.74. The number of unbranched alkanes of at least 4 members (excludes halogenated alkanes) is 4. The minimum absolute atomic E-state index is 0.399. The summed E-state index contributed by atoms with van der Waals surface area (Å²) in [7, 11) is 0. The molecule has 112 valence electrons. The summed E-state index contributed by atoms with van der Waals surface area (Å²) in [4.78, 5) is 13.3. The normalized spacial score (nSPS) is 12.2. The summed E-state index contributed by atoms with van der Waals surface area (Å²) in [6, 6.07) is 0. The Morgan fingerprint density at radius 1 is 0.947 bits per heavy atom. The SMILES string of the molecule is CCCCCN(CCCCC)/C(CC)=C(\C)C(=O)[O-]. The third-order valence-corrected chi connectivity index (χ3v) is 3.52. The summed E-state index contributed by atoms with van der Waals surface area (Å²) in [5.41, 5.74) is 1.35. The second kappa shape index (κ2) is 10.9. The predicted octanol–water partition coefficient (Wildman–Crippen LogP) is 3.10. The predicted molar refractivity (Wildman–Crippen MR) is 78.6 cm³/mol.